The normalized spacial score (nSPS) is 10.3. The predicted octanol–water partition coefficient (Wildman–Crippen LogP) is 2.77. The maximum atomic E-state index is 12.4. The number of nitrogens with zero attached hydrogens (tertiary/aromatic N) is 1. The van der Waals surface area contributed by atoms with E-state index in [1.807, 2.05) is 25.1 Å². The fourth-order valence-electron chi connectivity index (χ4n) is 2.78. The summed E-state index contributed by atoms with van der Waals surface area (Å²) in [5.74, 6) is 0.872. The highest BCUT2D eigenvalue weighted by Crippen LogP contribution is 2.27. The van der Waals surface area contributed by atoms with Gasteiger partial charge in [0.05, 0.1) is 26.5 Å². The van der Waals surface area contributed by atoms with Crippen molar-refractivity contribution in [3.8, 4) is 22.9 Å². The third-order valence-corrected chi connectivity index (χ3v) is 4.21. The van der Waals surface area contributed by atoms with Gasteiger partial charge in [0.25, 0.3) is 5.91 Å². The molecule has 8 nitrogen and oxygen atoms in total. The van der Waals surface area contributed by atoms with Crippen LogP contribution in [-0.2, 0) is 4.79 Å². The van der Waals surface area contributed by atoms with Crippen molar-refractivity contribution in [1.29, 1.82) is 0 Å². The molecule has 3 rings (SSSR count). The van der Waals surface area contributed by atoms with Crippen molar-refractivity contribution in [2.45, 2.75) is 6.92 Å². The Morgan fingerprint density at radius 2 is 1.83 bits per heavy atom. The molecule has 1 heterocycles. The average molecular weight is 394 g/mol. The Labute approximate surface area is 168 Å². The fourth-order valence-corrected chi connectivity index (χ4v) is 2.78. The van der Waals surface area contributed by atoms with Crippen molar-refractivity contribution in [3.63, 3.8) is 0 Å². The first-order valence-corrected chi connectivity index (χ1v) is 8.93. The minimum Gasteiger partial charge on any atom is -0.493 e. The number of carbonyl (C=O) groups excluding carboxylic acids is 2. The van der Waals surface area contributed by atoms with Crippen LogP contribution in [0.2, 0.25) is 0 Å². The first-order chi connectivity index (χ1) is 14.0. The predicted molar refractivity (Wildman–Crippen MR) is 109 cm³/mol. The number of H-pyrrole nitrogens is 1. The van der Waals surface area contributed by atoms with E-state index in [2.05, 4.69) is 20.6 Å². The Morgan fingerprint density at radius 1 is 1.07 bits per heavy atom. The van der Waals surface area contributed by atoms with Gasteiger partial charge in [0, 0.05) is 23.0 Å². The lowest BCUT2D eigenvalue weighted by Crippen LogP contribution is -2.33. The molecule has 0 bridgehead atoms. The van der Waals surface area contributed by atoms with E-state index in [0.29, 0.717) is 28.6 Å². The van der Waals surface area contributed by atoms with E-state index in [0.717, 1.165) is 11.3 Å². The first kappa shape index (κ1) is 19.9. The minimum absolute atomic E-state index is 0.182. The number of hydrogen-bond donors (Lipinski definition) is 3. The molecule has 0 saturated heterocycles. The van der Waals surface area contributed by atoms with Crippen molar-refractivity contribution in [2.24, 2.45) is 0 Å². The second kappa shape index (κ2) is 8.92. The second-order valence-corrected chi connectivity index (χ2v) is 6.26. The molecule has 0 aliphatic carbocycles. The van der Waals surface area contributed by atoms with E-state index in [-0.39, 0.29) is 12.5 Å². The van der Waals surface area contributed by atoms with Gasteiger partial charge >= 0.3 is 0 Å². The Morgan fingerprint density at radius 3 is 2.52 bits per heavy atom. The molecule has 1 aromatic heterocycles. The van der Waals surface area contributed by atoms with E-state index < -0.39 is 5.91 Å². The van der Waals surface area contributed by atoms with Crippen LogP contribution in [0.25, 0.3) is 11.4 Å². The molecule has 29 heavy (non-hydrogen) atoms. The molecule has 0 aliphatic heterocycles. The summed E-state index contributed by atoms with van der Waals surface area (Å²) in [6, 6.07) is 12.1. The number of ether oxygens (including phenoxy) is 2. The smallest absolute Gasteiger partial charge is 0.251 e. The van der Waals surface area contributed by atoms with Gasteiger partial charge in [-0.2, -0.15) is 0 Å². The number of rotatable bonds is 7. The molecule has 0 saturated carbocycles. The number of amides is 2. The maximum Gasteiger partial charge on any atom is 0.251 e. The fraction of sp³-hybridized carbons (Fsp3) is 0.190. The van der Waals surface area contributed by atoms with Crippen LogP contribution in [0.4, 0.5) is 5.69 Å². The SMILES string of the molecule is COc1ccc(C(=O)NCC(=O)Nc2ccccc2-c2ncc(C)[nH]2)cc1OC. The van der Waals surface area contributed by atoms with Gasteiger partial charge in [-0.25, -0.2) is 4.98 Å². The molecule has 8 heteroatoms. The standard InChI is InChI=1S/C21H22N4O4/c1-13-11-22-20(24-13)15-6-4-5-7-16(15)25-19(26)12-23-21(27)14-8-9-17(28-2)18(10-14)29-3/h4-11H,12H2,1-3H3,(H,22,24)(H,23,27)(H,25,26). The van der Waals surface area contributed by atoms with Crippen molar-refractivity contribution >= 4 is 17.5 Å². The topological polar surface area (TPSA) is 105 Å². The van der Waals surface area contributed by atoms with Gasteiger partial charge < -0.3 is 25.1 Å². The van der Waals surface area contributed by atoms with Gasteiger partial charge in [-0.05, 0) is 37.3 Å². The highest BCUT2D eigenvalue weighted by Gasteiger charge is 2.14. The third-order valence-electron chi connectivity index (χ3n) is 4.21. The Balaban J connectivity index is 1.64. The first-order valence-electron chi connectivity index (χ1n) is 8.93. The number of methoxy groups -OCH3 is 2. The molecule has 0 atom stereocenters. The van der Waals surface area contributed by atoms with Crippen LogP contribution in [0, 0.1) is 6.92 Å². The Kier molecular flexibility index (Phi) is 6.13. The molecule has 2 aromatic carbocycles. The summed E-state index contributed by atoms with van der Waals surface area (Å²) in [5.41, 5.74) is 2.65. The zero-order valence-electron chi connectivity index (χ0n) is 16.4. The van der Waals surface area contributed by atoms with E-state index in [1.165, 1.54) is 14.2 Å². The molecule has 2 amide bonds. The summed E-state index contributed by atoms with van der Waals surface area (Å²) < 4.78 is 10.4. The zero-order chi connectivity index (χ0) is 20.8. The van der Waals surface area contributed by atoms with Gasteiger partial charge in [-0.15, -0.1) is 0 Å². The van der Waals surface area contributed by atoms with Crippen LogP contribution in [0.15, 0.2) is 48.7 Å². The lowest BCUT2D eigenvalue weighted by Gasteiger charge is -2.11. The molecule has 150 valence electrons. The monoisotopic (exact) mass is 394 g/mol. The Bertz CT molecular complexity index is 1030. The molecule has 0 radical (unpaired) electrons. The lowest BCUT2D eigenvalue weighted by atomic mass is 10.1. The van der Waals surface area contributed by atoms with Crippen LogP contribution in [0.3, 0.4) is 0 Å². The summed E-state index contributed by atoms with van der Waals surface area (Å²) in [5, 5.41) is 5.41. The van der Waals surface area contributed by atoms with Gasteiger partial charge in [-0.1, -0.05) is 12.1 Å². The third kappa shape index (κ3) is 4.73. The van der Waals surface area contributed by atoms with Crippen molar-refractivity contribution in [3.05, 3.63) is 59.9 Å². The molecule has 3 N–H and O–H groups in total. The van der Waals surface area contributed by atoms with Gasteiger partial charge in [0.15, 0.2) is 11.5 Å². The van der Waals surface area contributed by atoms with E-state index in [1.54, 1.807) is 30.5 Å². The number of nitrogens with one attached hydrogen (secondary N) is 3. The van der Waals surface area contributed by atoms with Crippen LogP contribution >= 0.6 is 0 Å². The highest BCUT2D eigenvalue weighted by molar-refractivity contribution is 6.01. The van der Waals surface area contributed by atoms with Crippen LogP contribution in [0.1, 0.15) is 16.1 Å². The molecule has 0 fully saturated rings. The van der Waals surface area contributed by atoms with E-state index >= 15 is 0 Å². The summed E-state index contributed by atoms with van der Waals surface area (Å²) in [6.07, 6.45) is 1.72. The zero-order valence-corrected chi connectivity index (χ0v) is 16.4. The molecule has 0 spiro atoms. The summed E-state index contributed by atoms with van der Waals surface area (Å²) in [6.45, 7) is 1.72. The van der Waals surface area contributed by atoms with Crippen LogP contribution in [-0.4, -0.2) is 42.5 Å². The summed E-state index contributed by atoms with van der Waals surface area (Å²) >= 11 is 0. The summed E-state index contributed by atoms with van der Waals surface area (Å²) in [4.78, 5) is 32.2. The van der Waals surface area contributed by atoms with E-state index in [9.17, 15) is 9.59 Å². The number of aromatic amines is 1. The number of aryl methyl sites for hydroxylation is 1. The molecule has 0 unspecified atom stereocenters. The van der Waals surface area contributed by atoms with Crippen LogP contribution < -0.4 is 20.1 Å². The van der Waals surface area contributed by atoms with Crippen LogP contribution in [0.5, 0.6) is 11.5 Å². The largest absolute Gasteiger partial charge is 0.493 e. The number of carbonyl (C=O) groups is 2. The number of anilines is 1. The average Bonchev–Trinajstić information content (AvgIpc) is 3.17. The van der Waals surface area contributed by atoms with E-state index in [4.69, 9.17) is 9.47 Å². The lowest BCUT2D eigenvalue weighted by molar-refractivity contribution is -0.115. The minimum atomic E-state index is -0.393. The van der Waals surface area contributed by atoms with Crippen molar-refractivity contribution < 1.29 is 19.1 Å². The number of hydrogen-bond acceptors (Lipinski definition) is 5. The molecular weight excluding hydrogens is 372 g/mol. The second-order valence-electron chi connectivity index (χ2n) is 6.26. The summed E-state index contributed by atoms with van der Waals surface area (Å²) in [7, 11) is 3.01. The van der Waals surface area contributed by atoms with Gasteiger partial charge in [-0.3, -0.25) is 9.59 Å². The number of imidazole rings is 1. The number of aromatic nitrogens is 2. The molecule has 0 aliphatic rings. The van der Waals surface area contributed by atoms with Gasteiger partial charge in [0.1, 0.15) is 5.82 Å². The molecule has 3 aromatic rings. The van der Waals surface area contributed by atoms with Crippen molar-refractivity contribution in [2.75, 3.05) is 26.1 Å². The quantitative estimate of drug-likeness (QED) is 0.571. The number of para-hydroxylation sites is 1. The highest BCUT2D eigenvalue weighted by atomic mass is 16.5. The Hall–Kier alpha value is -3.81. The number of benzene rings is 2. The van der Waals surface area contributed by atoms with Gasteiger partial charge in [0.2, 0.25) is 5.91 Å². The van der Waals surface area contributed by atoms with Crippen molar-refractivity contribution in [1.82, 2.24) is 15.3 Å². The maximum absolute atomic E-state index is 12.4. The molecular formula is C21H22N4O4.